The molecule has 23 heavy (non-hydrogen) atoms. The van der Waals surface area contributed by atoms with Crippen molar-refractivity contribution in [2.24, 2.45) is 0 Å². The minimum absolute atomic E-state index is 0.163. The van der Waals surface area contributed by atoms with E-state index in [0.717, 1.165) is 5.56 Å². The molecule has 0 heterocycles. The molecule has 1 N–H and O–H groups in total. The summed E-state index contributed by atoms with van der Waals surface area (Å²) in [7, 11) is 0. The number of nitriles is 1. The molecular formula is C17H14Cl2N2O2. The van der Waals surface area contributed by atoms with Gasteiger partial charge >= 0.3 is 0 Å². The summed E-state index contributed by atoms with van der Waals surface area (Å²) in [4.78, 5) is 11.9. The van der Waals surface area contributed by atoms with Crippen molar-refractivity contribution in [3.05, 3.63) is 63.6 Å². The summed E-state index contributed by atoms with van der Waals surface area (Å²) in [6.07, 6.45) is 0. The molecule has 0 spiro atoms. The number of amides is 1. The van der Waals surface area contributed by atoms with E-state index in [2.05, 4.69) is 5.32 Å². The third-order valence-electron chi connectivity index (χ3n) is 3.17. The van der Waals surface area contributed by atoms with Crippen LogP contribution >= 0.6 is 23.2 Å². The lowest BCUT2D eigenvalue weighted by molar-refractivity contribution is -0.123. The van der Waals surface area contributed by atoms with Gasteiger partial charge in [-0.05, 0) is 42.8 Å². The average Bonchev–Trinajstić information content (AvgIpc) is 2.54. The van der Waals surface area contributed by atoms with Crippen LogP contribution in [-0.4, -0.2) is 12.5 Å². The highest BCUT2D eigenvalue weighted by molar-refractivity contribution is 6.32. The van der Waals surface area contributed by atoms with Crippen LogP contribution in [0.5, 0.6) is 5.75 Å². The molecule has 2 rings (SSSR count). The number of nitrogens with zero attached hydrogens (tertiary/aromatic N) is 1. The third kappa shape index (κ3) is 4.88. The van der Waals surface area contributed by atoms with Gasteiger partial charge in [0.15, 0.2) is 6.61 Å². The van der Waals surface area contributed by atoms with Gasteiger partial charge in [0, 0.05) is 5.02 Å². The Kier molecular flexibility index (Phi) is 5.86. The Morgan fingerprint density at radius 3 is 2.57 bits per heavy atom. The summed E-state index contributed by atoms with van der Waals surface area (Å²) < 4.78 is 5.38. The van der Waals surface area contributed by atoms with Crippen LogP contribution in [0.2, 0.25) is 10.0 Å². The van der Waals surface area contributed by atoms with Crippen LogP contribution in [-0.2, 0) is 4.79 Å². The van der Waals surface area contributed by atoms with Gasteiger partial charge in [0.05, 0.1) is 22.7 Å². The molecule has 4 nitrogen and oxygen atoms in total. The molecule has 0 bridgehead atoms. The first-order valence-corrected chi connectivity index (χ1v) is 7.62. The van der Waals surface area contributed by atoms with Gasteiger partial charge in [0.25, 0.3) is 5.91 Å². The molecule has 0 saturated heterocycles. The third-order valence-corrected chi connectivity index (χ3v) is 3.71. The Balaban J connectivity index is 1.90. The van der Waals surface area contributed by atoms with Crippen molar-refractivity contribution in [2.45, 2.75) is 13.0 Å². The number of carbonyl (C=O) groups excluding carboxylic acids is 1. The number of rotatable bonds is 5. The lowest BCUT2D eigenvalue weighted by Gasteiger charge is -2.15. The molecule has 1 amide bonds. The SMILES string of the molecule is C[C@@H](NC(=O)COc1ccc(C#N)cc1Cl)c1ccc(Cl)cc1. The zero-order valence-corrected chi connectivity index (χ0v) is 13.9. The maximum Gasteiger partial charge on any atom is 0.258 e. The lowest BCUT2D eigenvalue weighted by atomic mass is 10.1. The number of hydrogen-bond acceptors (Lipinski definition) is 3. The molecule has 118 valence electrons. The van der Waals surface area contributed by atoms with Gasteiger partial charge in [0.2, 0.25) is 0 Å². The predicted molar refractivity (Wildman–Crippen MR) is 89.7 cm³/mol. The second-order valence-corrected chi connectivity index (χ2v) is 5.73. The molecule has 2 aromatic carbocycles. The van der Waals surface area contributed by atoms with E-state index in [1.165, 1.54) is 6.07 Å². The maximum atomic E-state index is 11.9. The van der Waals surface area contributed by atoms with Gasteiger partial charge in [-0.3, -0.25) is 4.79 Å². The molecular weight excluding hydrogens is 335 g/mol. The van der Waals surface area contributed by atoms with Crippen LogP contribution in [0.3, 0.4) is 0 Å². The van der Waals surface area contributed by atoms with Gasteiger partial charge in [0.1, 0.15) is 5.75 Å². The van der Waals surface area contributed by atoms with E-state index in [4.69, 9.17) is 33.2 Å². The van der Waals surface area contributed by atoms with Crippen molar-refractivity contribution in [3.63, 3.8) is 0 Å². The van der Waals surface area contributed by atoms with Crippen LogP contribution in [0.25, 0.3) is 0 Å². The van der Waals surface area contributed by atoms with Crippen LogP contribution in [0.15, 0.2) is 42.5 Å². The van der Waals surface area contributed by atoms with E-state index in [1.54, 1.807) is 24.3 Å². The van der Waals surface area contributed by atoms with E-state index in [-0.39, 0.29) is 18.6 Å². The first-order valence-electron chi connectivity index (χ1n) is 6.87. The molecule has 0 fully saturated rings. The summed E-state index contributed by atoms with van der Waals surface area (Å²) in [6, 6.07) is 13.7. The summed E-state index contributed by atoms with van der Waals surface area (Å²) >= 11 is 11.8. The molecule has 0 aliphatic rings. The van der Waals surface area contributed by atoms with Crippen LogP contribution < -0.4 is 10.1 Å². The first-order chi connectivity index (χ1) is 11.0. The van der Waals surface area contributed by atoms with E-state index in [9.17, 15) is 4.79 Å². The zero-order chi connectivity index (χ0) is 16.8. The number of nitrogens with one attached hydrogen (secondary N) is 1. The highest BCUT2D eigenvalue weighted by Gasteiger charge is 2.11. The van der Waals surface area contributed by atoms with Crippen LogP contribution in [0.1, 0.15) is 24.1 Å². The van der Waals surface area contributed by atoms with Gasteiger partial charge in [-0.15, -0.1) is 0 Å². The van der Waals surface area contributed by atoms with Crippen molar-refractivity contribution in [1.82, 2.24) is 5.32 Å². The number of ether oxygens (including phenoxy) is 1. The lowest BCUT2D eigenvalue weighted by Crippen LogP contribution is -2.31. The minimum Gasteiger partial charge on any atom is -0.482 e. The quantitative estimate of drug-likeness (QED) is 0.883. The Morgan fingerprint density at radius 1 is 1.26 bits per heavy atom. The minimum atomic E-state index is -0.270. The molecule has 0 radical (unpaired) electrons. The highest BCUT2D eigenvalue weighted by Crippen LogP contribution is 2.25. The second-order valence-electron chi connectivity index (χ2n) is 4.89. The smallest absolute Gasteiger partial charge is 0.258 e. The predicted octanol–water partition coefficient (Wildman–Crippen LogP) is 4.12. The van der Waals surface area contributed by atoms with Gasteiger partial charge in [-0.2, -0.15) is 5.26 Å². The topological polar surface area (TPSA) is 62.1 Å². The molecule has 0 aliphatic carbocycles. The number of halogens is 2. The van der Waals surface area contributed by atoms with E-state index >= 15 is 0 Å². The standard InChI is InChI=1S/C17H14Cl2N2O2/c1-11(13-3-5-14(18)6-4-13)21-17(22)10-23-16-7-2-12(9-20)8-15(16)19/h2-8,11H,10H2,1H3,(H,21,22)/t11-/m1/s1. The molecule has 0 aliphatic heterocycles. The number of carbonyl (C=O) groups is 1. The molecule has 0 saturated carbocycles. The number of benzene rings is 2. The Morgan fingerprint density at radius 2 is 1.96 bits per heavy atom. The van der Waals surface area contributed by atoms with Gasteiger partial charge < -0.3 is 10.1 Å². The fraction of sp³-hybridized carbons (Fsp3) is 0.176. The average molecular weight is 349 g/mol. The fourth-order valence-corrected chi connectivity index (χ4v) is 2.31. The summed E-state index contributed by atoms with van der Waals surface area (Å²) in [5.74, 6) is 0.0906. The normalized spacial score (nSPS) is 11.4. The van der Waals surface area contributed by atoms with Crippen molar-refractivity contribution < 1.29 is 9.53 Å². The summed E-state index contributed by atoms with van der Waals surface area (Å²) in [6.45, 7) is 1.71. The molecule has 0 aromatic heterocycles. The van der Waals surface area contributed by atoms with Crippen molar-refractivity contribution in [1.29, 1.82) is 5.26 Å². The first kappa shape index (κ1) is 17.1. The Labute approximate surface area is 144 Å². The highest BCUT2D eigenvalue weighted by atomic mass is 35.5. The van der Waals surface area contributed by atoms with Crippen LogP contribution in [0.4, 0.5) is 0 Å². The number of hydrogen-bond donors (Lipinski definition) is 1. The second kappa shape index (κ2) is 7.87. The maximum absolute atomic E-state index is 11.9. The molecule has 6 heteroatoms. The van der Waals surface area contributed by atoms with Gasteiger partial charge in [-0.1, -0.05) is 35.3 Å². The Bertz CT molecular complexity index is 739. The van der Waals surface area contributed by atoms with E-state index < -0.39 is 0 Å². The van der Waals surface area contributed by atoms with Crippen molar-refractivity contribution >= 4 is 29.1 Å². The van der Waals surface area contributed by atoms with Crippen LogP contribution in [0, 0.1) is 11.3 Å². The monoisotopic (exact) mass is 348 g/mol. The fourth-order valence-electron chi connectivity index (χ4n) is 1.95. The summed E-state index contributed by atoms with van der Waals surface area (Å²) in [5.41, 5.74) is 1.38. The van der Waals surface area contributed by atoms with Crippen molar-refractivity contribution in [2.75, 3.05) is 6.61 Å². The zero-order valence-electron chi connectivity index (χ0n) is 12.3. The summed E-state index contributed by atoms with van der Waals surface area (Å²) in [5, 5.41) is 12.5. The van der Waals surface area contributed by atoms with Gasteiger partial charge in [-0.25, -0.2) is 0 Å². The van der Waals surface area contributed by atoms with E-state index in [1.807, 2.05) is 25.1 Å². The largest absolute Gasteiger partial charge is 0.482 e. The molecule has 0 unspecified atom stereocenters. The van der Waals surface area contributed by atoms with Crippen molar-refractivity contribution in [3.8, 4) is 11.8 Å². The van der Waals surface area contributed by atoms with E-state index in [0.29, 0.717) is 21.4 Å². The molecule has 2 aromatic rings. The molecule has 1 atom stereocenters. The Hall–Kier alpha value is -2.22.